The van der Waals surface area contributed by atoms with E-state index in [1.807, 2.05) is 60.7 Å². The molecule has 2 heterocycles. The Bertz CT molecular complexity index is 1720. The van der Waals surface area contributed by atoms with Crippen LogP contribution in [0.25, 0.3) is 11.8 Å². The summed E-state index contributed by atoms with van der Waals surface area (Å²) in [5.41, 5.74) is 2.72. The van der Waals surface area contributed by atoms with Gasteiger partial charge in [-0.2, -0.15) is 0 Å². The van der Waals surface area contributed by atoms with Gasteiger partial charge in [0.15, 0.2) is 11.4 Å². The molecule has 3 aromatic carbocycles. The Balaban J connectivity index is 1.69. The topological polar surface area (TPSA) is 107 Å². The number of carboxylic acids is 1. The second-order valence-corrected chi connectivity index (χ2v) is 9.60. The molecule has 0 spiro atoms. The highest BCUT2D eigenvalue weighted by molar-refractivity contribution is 7.07. The fraction of sp³-hybridized carbons (Fsp3) is 0.133. The number of hydrogen-bond acceptors (Lipinski definition) is 7. The van der Waals surface area contributed by atoms with Crippen molar-refractivity contribution in [3.8, 4) is 5.75 Å². The molecule has 0 unspecified atom stereocenters. The molecule has 1 aliphatic rings. The van der Waals surface area contributed by atoms with Crippen molar-refractivity contribution in [1.29, 1.82) is 0 Å². The molecule has 1 N–H and O–H groups in total. The van der Waals surface area contributed by atoms with E-state index in [4.69, 9.17) is 19.6 Å². The quantitative estimate of drug-likeness (QED) is 0.344. The van der Waals surface area contributed by atoms with Gasteiger partial charge in [-0.15, -0.1) is 0 Å². The molecule has 5 rings (SSSR count). The van der Waals surface area contributed by atoms with Crippen LogP contribution in [0.3, 0.4) is 0 Å². The van der Waals surface area contributed by atoms with Crippen LogP contribution in [0, 0.1) is 0 Å². The minimum Gasteiger partial charge on any atom is -0.482 e. The maximum absolute atomic E-state index is 13.8. The van der Waals surface area contributed by atoms with Crippen molar-refractivity contribution in [3.05, 3.63) is 127 Å². The number of carbonyl (C=O) groups is 2. The van der Waals surface area contributed by atoms with Gasteiger partial charge in [0.05, 0.1) is 28.5 Å². The molecular formula is C30H24N2O6S. The van der Waals surface area contributed by atoms with E-state index in [0.29, 0.717) is 26.4 Å². The molecule has 8 nitrogen and oxygen atoms in total. The first-order chi connectivity index (χ1) is 19.0. The predicted octanol–water partition coefficient (Wildman–Crippen LogP) is 3.40. The second-order valence-electron chi connectivity index (χ2n) is 8.59. The third-order valence-electron chi connectivity index (χ3n) is 6.03. The summed E-state index contributed by atoms with van der Waals surface area (Å²) >= 11 is 1.23. The Hall–Kier alpha value is -4.76. The number of aromatic nitrogens is 1. The van der Waals surface area contributed by atoms with Crippen molar-refractivity contribution >= 4 is 35.0 Å². The summed E-state index contributed by atoms with van der Waals surface area (Å²) in [4.78, 5) is 43.3. The molecule has 1 aliphatic heterocycles. The largest absolute Gasteiger partial charge is 0.482 e. The standard InChI is InChI=1S/C30H24N2O6S/c1-2-37-29(36)25-26(20-9-5-3-6-10-20)31-30-32(27(25)21-11-7-4-8-12-21)28(35)23(39-30)17-19-13-15-22(16-14-19)38-18-24(33)34/h3-17,27H,2,18H2,1H3,(H,33,34)/b23-17+/t27-/m0/s1. The lowest BCUT2D eigenvalue weighted by Gasteiger charge is -2.25. The summed E-state index contributed by atoms with van der Waals surface area (Å²) in [7, 11) is 0. The SMILES string of the molecule is CCOC(=O)C1=C(c2ccccc2)N=c2s/c(=C/c3ccc(OCC(=O)O)cc3)c(=O)n2[C@H]1c1ccccc1. The van der Waals surface area contributed by atoms with Crippen LogP contribution < -0.4 is 19.6 Å². The zero-order valence-corrected chi connectivity index (χ0v) is 21.8. The molecule has 0 bridgehead atoms. The average molecular weight is 541 g/mol. The summed E-state index contributed by atoms with van der Waals surface area (Å²) in [6.07, 6.45) is 1.74. The van der Waals surface area contributed by atoms with E-state index in [1.165, 1.54) is 11.3 Å². The first kappa shape index (κ1) is 25.9. The number of carbonyl (C=O) groups excluding carboxylic acids is 1. The van der Waals surface area contributed by atoms with Gasteiger partial charge in [-0.05, 0) is 36.3 Å². The van der Waals surface area contributed by atoms with E-state index < -0.39 is 24.6 Å². The van der Waals surface area contributed by atoms with Crippen LogP contribution >= 0.6 is 11.3 Å². The van der Waals surface area contributed by atoms with Crippen molar-refractivity contribution in [3.63, 3.8) is 0 Å². The number of carboxylic acid groups (broad SMARTS) is 1. The van der Waals surface area contributed by atoms with E-state index in [1.54, 1.807) is 41.8 Å². The van der Waals surface area contributed by atoms with E-state index in [0.717, 1.165) is 16.7 Å². The normalized spacial score (nSPS) is 14.9. The summed E-state index contributed by atoms with van der Waals surface area (Å²) < 4.78 is 12.6. The maximum Gasteiger partial charge on any atom is 0.341 e. The first-order valence-electron chi connectivity index (χ1n) is 12.2. The van der Waals surface area contributed by atoms with Crippen LogP contribution in [0.2, 0.25) is 0 Å². The maximum atomic E-state index is 13.8. The lowest BCUT2D eigenvalue weighted by atomic mass is 9.93. The van der Waals surface area contributed by atoms with Crippen molar-refractivity contribution < 1.29 is 24.2 Å². The summed E-state index contributed by atoms with van der Waals surface area (Å²) in [6.45, 7) is 1.48. The Kier molecular flexibility index (Phi) is 7.51. The molecule has 4 aromatic rings. The Morgan fingerprint density at radius 1 is 1.00 bits per heavy atom. The summed E-state index contributed by atoms with van der Waals surface area (Å²) in [5.74, 6) is -1.18. The van der Waals surface area contributed by atoms with Crippen molar-refractivity contribution in [2.24, 2.45) is 4.99 Å². The van der Waals surface area contributed by atoms with E-state index in [-0.39, 0.29) is 12.2 Å². The number of esters is 1. The third-order valence-corrected chi connectivity index (χ3v) is 7.01. The molecule has 196 valence electrons. The zero-order chi connectivity index (χ0) is 27.4. The Morgan fingerprint density at radius 2 is 1.67 bits per heavy atom. The zero-order valence-electron chi connectivity index (χ0n) is 20.9. The third kappa shape index (κ3) is 5.44. The van der Waals surface area contributed by atoms with E-state index in [9.17, 15) is 14.4 Å². The van der Waals surface area contributed by atoms with Gasteiger partial charge in [0.2, 0.25) is 0 Å². The highest BCUT2D eigenvalue weighted by atomic mass is 32.1. The van der Waals surface area contributed by atoms with Gasteiger partial charge in [0, 0.05) is 5.56 Å². The minimum atomic E-state index is -1.06. The van der Waals surface area contributed by atoms with Crippen LogP contribution in [-0.2, 0) is 14.3 Å². The number of hydrogen-bond donors (Lipinski definition) is 1. The van der Waals surface area contributed by atoms with Gasteiger partial charge in [-0.3, -0.25) is 9.36 Å². The van der Waals surface area contributed by atoms with Crippen LogP contribution in [0.5, 0.6) is 5.75 Å². The van der Waals surface area contributed by atoms with Gasteiger partial charge < -0.3 is 14.6 Å². The average Bonchev–Trinajstić information content (AvgIpc) is 3.27. The fourth-order valence-corrected chi connectivity index (χ4v) is 5.35. The van der Waals surface area contributed by atoms with Crippen molar-refractivity contribution in [2.45, 2.75) is 13.0 Å². The molecule has 0 aliphatic carbocycles. The molecule has 1 aromatic heterocycles. The van der Waals surface area contributed by atoms with Crippen LogP contribution in [0.1, 0.15) is 29.7 Å². The smallest absolute Gasteiger partial charge is 0.341 e. The lowest BCUT2D eigenvalue weighted by Crippen LogP contribution is -2.39. The molecule has 39 heavy (non-hydrogen) atoms. The minimum absolute atomic E-state index is 0.183. The molecule has 0 saturated heterocycles. The number of aliphatic carboxylic acids is 1. The number of nitrogens with zero attached hydrogens (tertiary/aromatic N) is 2. The monoisotopic (exact) mass is 540 g/mol. The Morgan fingerprint density at radius 3 is 2.31 bits per heavy atom. The number of fused-ring (bicyclic) bond motifs is 1. The van der Waals surface area contributed by atoms with E-state index in [2.05, 4.69) is 0 Å². The second kappa shape index (κ2) is 11.3. The van der Waals surface area contributed by atoms with Crippen LogP contribution in [0.4, 0.5) is 0 Å². The molecule has 1 atom stereocenters. The highest BCUT2D eigenvalue weighted by Gasteiger charge is 2.35. The van der Waals surface area contributed by atoms with Crippen LogP contribution in [0.15, 0.2) is 100 Å². The van der Waals surface area contributed by atoms with Crippen molar-refractivity contribution in [1.82, 2.24) is 4.57 Å². The van der Waals surface area contributed by atoms with E-state index >= 15 is 0 Å². The molecule has 0 radical (unpaired) electrons. The van der Waals surface area contributed by atoms with Crippen LogP contribution in [-0.4, -0.2) is 34.8 Å². The highest BCUT2D eigenvalue weighted by Crippen LogP contribution is 2.35. The van der Waals surface area contributed by atoms with Gasteiger partial charge in [-0.1, -0.05) is 84.1 Å². The predicted molar refractivity (Wildman–Crippen MR) is 147 cm³/mol. The summed E-state index contributed by atoms with van der Waals surface area (Å²) in [6, 6.07) is 24.8. The number of rotatable bonds is 8. The molecule has 0 amide bonds. The number of benzene rings is 3. The van der Waals surface area contributed by atoms with Gasteiger partial charge in [0.1, 0.15) is 5.75 Å². The molecule has 0 saturated carbocycles. The summed E-state index contributed by atoms with van der Waals surface area (Å²) in [5, 5.41) is 8.80. The van der Waals surface area contributed by atoms with Crippen molar-refractivity contribution in [2.75, 3.05) is 13.2 Å². The van der Waals surface area contributed by atoms with Gasteiger partial charge in [-0.25, -0.2) is 14.6 Å². The molecule has 0 fully saturated rings. The molecular weight excluding hydrogens is 516 g/mol. The van der Waals surface area contributed by atoms with Gasteiger partial charge in [0.25, 0.3) is 5.56 Å². The molecule has 9 heteroatoms. The number of thiazole rings is 1. The first-order valence-corrected chi connectivity index (χ1v) is 13.1. The Labute approximate surface area is 227 Å². The number of ether oxygens (including phenoxy) is 2. The lowest BCUT2D eigenvalue weighted by molar-refractivity contribution is -0.140. The fourth-order valence-electron chi connectivity index (χ4n) is 4.35. The van der Waals surface area contributed by atoms with Gasteiger partial charge >= 0.3 is 11.9 Å².